The second-order valence-corrected chi connectivity index (χ2v) is 1.64. The lowest BCUT2D eigenvalue weighted by atomic mass is 10.3. The van der Waals surface area contributed by atoms with E-state index in [1.165, 1.54) is 7.11 Å². The van der Waals surface area contributed by atoms with Crippen LogP contribution in [0.25, 0.3) is 0 Å². The molecule has 52 valence electrons. The van der Waals surface area contributed by atoms with Crippen molar-refractivity contribution in [3.05, 3.63) is 12.3 Å². The number of allylic oxidation sites excluding steroid dienone is 1. The van der Waals surface area contributed by atoms with Crippen LogP contribution in [-0.4, -0.2) is 18.2 Å². The van der Waals surface area contributed by atoms with E-state index < -0.39 is 0 Å². The summed E-state index contributed by atoms with van der Waals surface area (Å²) in [6, 6.07) is 0. The lowest BCUT2D eigenvalue weighted by Gasteiger charge is -1.95. The van der Waals surface area contributed by atoms with Gasteiger partial charge in [-0.15, -0.1) is 0 Å². The van der Waals surface area contributed by atoms with E-state index in [0.29, 0.717) is 0 Å². The maximum Gasteiger partial charge on any atom is 0.305 e. The molecule has 0 saturated carbocycles. The van der Waals surface area contributed by atoms with Gasteiger partial charge < -0.3 is 9.84 Å². The van der Waals surface area contributed by atoms with Gasteiger partial charge in [0, 0.05) is 6.42 Å². The van der Waals surface area contributed by atoms with E-state index in [0.717, 1.165) is 0 Å². The number of aliphatic hydroxyl groups excluding tert-OH is 1. The van der Waals surface area contributed by atoms with Crippen LogP contribution in [-0.2, 0) is 9.53 Å². The predicted molar refractivity (Wildman–Crippen MR) is 33.0 cm³/mol. The average Bonchev–Trinajstić information content (AvgIpc) is 1.83. The van der Waals surface area contributed by atoms with Gasteiger partial charge in [-0.1, -0.05) is 6.58 Å². The minimum absolute atomic E-state index is 0.0143. The molecule has 0 saturated heterocycles. The number of rotatable bonds is 3. The highest BCUT2D eigenvalue weighted by Crippen LogP contribution is 1.97. The molecule has 0 bridgehead atoms. The fourth-order valence-electron chi connectivity index (χ4n) is 0.348. The molecule has 0 radical (unpaired) electrons. The molecule has 3 heteroatoms. The third-order valence-electron chi connectivity index (χ3n) is 0.845. The summed E-state index contributed by atoms with van der Waals surface area (Å²) in [6.45, 7) is 3.21. The summed E-state index contributed by atoms with van der Waals surface area (Å²) in [5, 5.41) is 8.49. The molecule has 9 heavy (non-hydrogen) atoms. The van der Waals surface area contributed by atoms with Crippen molar-refractivity contribution in [2.75, 3.05) is 7.11 Å². The average molecular weight is 130 g/mol. The molecule has 0 unspecified atom stereocenters. The van der Waals surface area contributed by atoms with Crippen LogP contribution in [0.2, 0.25) is 0 Å². The zero-order valence-corrected chi connectivity index (χ0v) is 5.39. The lowest BCUT2D eigenvalue weighted by Crippen LogP contribution is -1.99. The molecular weight excluding hydrogens is 120 g/mol. The number of methoxy groups -OCH3 is 1. The van der Waals surface area contributed by atoms with Gasteiger partial charge in [-0.2, -0.15) is 0 Å². The summed E-state index contributed by atoms with van der Waals surface area (Å²) in [7, 11) is 1.31. The quantitative estimate of drug-likeness (QED) is 0.458. The van der Waals surface area contributed by atoms with Crippen LogP contribution in [0.3, 0.4) is 0 Å². The molecule has 0 spiro atoms. The molecule has 0 aromatic heterocycles. The minimum Gasteiger partial charge on any atom is -0.513 e. The molecule has 0 aliphatic carbocycles. The van der Waals surface area contributed by atoms with E-state index in [9.17, 15) is 4.79 Å². The third kappa shape index (κ3) is 4.87. The second-order valence-electron chi connectivity index (χ2n) is 1.64. The van der Waals surface area contributed by atoms with E-state index in [1.54, 1.807) is 0 Å². The highest BCUT2D eigenvalue weighted by Gasteiger charge is 1.99. The molecule has 0 fully saturated rings. The summed E-state index contributed by atoms with van der Waals surface area (Å²) >= 11 is 0. The Hall–Kier alpha value is -0.990. The van der Waals surface area contributed by atoms with Gasteiger partial charge in [0.2, 0.25) is 0 Å². The number of carbonyl (C=O) groups is 1. The predicted octanol–water partition coefficient (Wildman–Crippen LogP) is 1.01. The highest BCUT2D eigenvalue weighted by atomic mass is 16.5. The molecule has 0 atom stereocenters. The highest BCUT2D eigenvalue weighted by molar-refractivity contribution is 5.69. The summed E-state index contributed by atoms with van der Waals surface area (Å²) in [6.07, 6.45) is 0.485. The van der Waals surface area contributed by atoms with E-state index in [1.807, 2.05) is 0 Å². The topological polar surface area (TPSA) is 46.5 Å². The van der Waals surface area contributed by atoms with Crippen molar-refractivity contribution in [1.82, 2.24) is 0 Å². The fourth-order valence-corrected chi connectivity index (χ4v) is 0.348. The first kappa shape index (κ1) is 8.01. The number of esters is 1. The van der Waals surface area contributed by atoms with Crippen LogP contribution in [0, 0.1) is 0 Å². The summed E-state index contributed by atoms with van der Waals surface area (Å²) < 4.78 is 4.31. The normalized spacial score (nSPS) is 8.56. The van der Waals surface area contributed by atoms with Crippen LogP contribution in [0.5, 0.6) is 0 Å². The zero-order valence-electron chi connectivity index (χ0n) is 5.39. The van der Waals surface area contributed by atoms with Crippen LogP contribution < -0.4 is 0 Å². The first-order valence-corrected chi connectivity index (χ1v) is 2.60. The van der Waals surface area contributed by atoms with Gasteiger partial charge >= 0.3 is 5.97 Å². The Balaban J connectivity index is 3.28. The van der Waals surface area contributed by atoms with E-state index >= 15 is 0 Å². The van der Waals surface area contributed by atoms with Crippen molar-refractivity contribution in [2.24, 2.45) is 0 Å². The number of hydrogen-bond donors (Lipinski definition) is 1. The third-order valence-corrected chi connectivity index (χ3v) is 0.845. The van der Waals surface area contributed by atoms with Crippen molar-refractivity contribution in [2.45, 2.75) is 12.8 Å². The molecule has 3 nitrogen and oxygen atoms in total. The summed E-state index contributed by atoms with van der Waals surface area (Å²) in [5.41, 5.74) is 0. The number of ether oxygens (including phenoxy) is 1. The first-order valence-electron chi connectivity index (χ1n) is 2.60. The maximum atomic E-state index is 10.3. The summed E-state index contributed by atoms with van der Waals surface area (Å²) in [5.74, 6) is -0.314. The Labute approximate surface area is 53.9 Å². The maximum absolute atomic E-state index is 10.3. The smallest absolute Gasteiger partial charge is 0.305 e. The van der Waals surface area contributed by atoms with Crippen molar-refractivity contribution in [3.8, 4) is 0 Å². The number of hydrogen-bond acceptors (Lipinski definition) is 3. The molecule has 0 aliphatic rings. The van der Waals surface area contributed by atoms with Crippen molar-refractivity contribution >= 4 is 5.97 Å². The van der Waals surface area contributed by atoms with Crippen molar-refractivity contribution < 1.29 is 14.6 Å². The zero-order chi connectivity index (χ0) is 7.28. The van der Waals surface area contributed by atoms with E-state index in [4.69, 9.17) is 5.11 Å². The Morgan fingerprint density at radius 2 is 2.22 bits per heavy atom. The first-order chi connectivity index (χ1) is 4.16. The van der Waals surface area contributed by atoms with Crippen LogP contribution in [0.15, 0.2) is 12.3 Å². The molecule has 0 rings (SSSR count). The van der Waals surface area contributed by atoms with E-state index in [2.05, 4.69) is 11.3 Å². The van der Waals surface area contributed by atoms with Crippen LogP contribution in [0.1, 0.15) is 12.8 Å². The van der Waals surface area contributed by atoms with Crippen molar-refractivity contribution in [1.29, 1.82) is 0 Å². The Kier molecular flexibility index (Phi) is 3.51. The monoisotopic (exact) mass is 130 g/mol. The molecular formula is C6H10O3. The van der Waals surface area contributed by atoms with Gasteiger partial charge in [-0.3, -0.25) is 4.79 Å². The number of carbonyl (C=O) groups excluding carboxylic acids is 1. The van der Waals surface area contributed by atoms with Crippen LogP contribution in [0.4, 0.5) is 0 Å². The molecule has 0 aromatic carbocycles. The molecule has 0 aliphatic heterocycles. The Bertz CT molecular complexity index is 117. The van der Waals surface area contributed by atoms with E-state index in [-0.39, 0.29) is 24.6 Å². The molecule has 0 aromatic rings. The number of aliphatic hydroxyl groups is 1. The van der Waals surface area contributed by atoms with Gasteiger partial charge in [0.1, 0.15) is 0 Å². The van der Waals surface area contributed by atoms with Gasteiger partial charge in [0.15, 0.2) is 0 Å². The van der Waals surface area contributed by atoms with Gasteiger partial charge in [-0.05, 0) is 0 Å². The SMILES string of the molecule is C=C(O)CCC(=O)OC. The van der Waals surface area contributed by atoms with Gasteiger partial charge in [0.25, 0.3) is 0 Å². The van der Waals surface area contributed by atoms with Gasteiger partial charge in [0.05, 0.1) is 19.3 Å². The lowest BCUT2D eigenvalue weighted by molar-refractivity contribution is -0.140. The molecule has 0 heterocycles. The Morgan fingerprint density at radius 3 is 2.56 bits per heavy atom. The molecule has 0 amide bonds. The Morgan fingerprint density at radius 1 is 1.67 bits per heavy atom. The van der Waals surface area contributed by atoms with Crippen molar-refractivity contribution in [3.63, 3.8) is 0 Å². The van der Waals surface area contributed by atoms with Crippen LogP contribution >= 0.6 is 0 Å². The molecule has 1 N–H and O–H groups in total. The standard InChI is InChI=1S/C6H10O3/c1-5(7)3-4-6(8)9-2/h7H,1,3-4H2,2H3. The second kappa shape index (κ2) is 3.95. The minimum atomic E-state index is -0.329. The fraction of sp³-hybridized carbons (Fsp3) is 0.500. The largest absolute Gasteiger partial charge is 0.513 e. The van der Waals surface area contributed by atoms with Gasteiger partial charge in [-0.25, -0.2) is 0 Å². The summed E-state index contributed by atoms with van der Waals surface area (Å²) in [4.78, 5) is 10.3.